The summed E-state index contributed by atoms with van der Waals surface area (Å²) in [7, 11) is 0.859. The average molecular weight is 564 g/mol. The zero-order valence-electron chi connectivity index (χ0n) is 24.2. The second-order valence-corrected chi connectivity index (χ2v) is 13.6. The fraction of sp³-hybridized carbons (Fsp3) is 0.467. The Morgan fingerprint density at radius 3 is 2.50 bits per heavy atom. The Hall–Kier alpha value is -3.37. The van der Waals surface area contributed by atoms with Crippen LogP contribution in [-0.4, -0.2) is 68.3 Å². The lowest BCUT2D eigenvalue weighted by Crippen LogP contribution is -2.42. The highest BCUT2D eigenvalue weighted by molar-refractivity contribution is 7.92. The maximum atomic E-state index is 13.0. The molecule has 1 fully saturated rings. The first kappa shape index (κ1) is 28.2. The number of hydrogen-bond donors (Lipinski definition) is 3. The van der Waals surface area contributed by atoms with Crippen LogP contribution in [0.3, 0.4) is 0 Å². The normalized spacial score (nSPS) is 15.8. The number of hydrogen-bond acceptors (Lipinski definition) is 9. The van der Waals surface area contributed by atoms with Crippen LogP contribution in [0.15, 0.2) is 47.4 Å². The molecule has 1 saturated heterocycles. The summed E-state index contributed by atoms with van der Waals surface area (Å²) in [4.78, 5) is 14.7. The Bertz CT molecular complexity index is 1460. The molecule has 2 aliphatic rings. The predicted octanol–water partition coefficient (Wildman–Crippen LogP) is 5.21. The van der Waals surface area contributed by atoms with E-state index in [0.29, 0.717) is 23.5 Å². The standard InChI is InChI=1S/C30H41N7O2S/c1-6-21-19-23(37-17-14-22(15-18-37)36(4)5)11-12-25(21)33-30-34-28-24(13-16-31-28)29(35-30)32-26-9-7-8-10-27(26)40(38,39)20(2)3/h7-12,19-20,22H,6,13-18H2,1-5H3,(H3,31,32,33,34,35). The minimum Gasteiger partial charge on any atom is -0.371 e. The number of benzene rings is 2. The first-order valence-corrected chi connectivity index (χ1v) is 15.8. The van der Waals surface area contributed by atoms with E-state index in [4.69, 9.17) is 9.97 Å². The van der Waals surface area contributed by atoms with Gasteiger partial charge in [-0.2, -0.15) is 9.97 Å². The molecule has 2 aromatic carbocycles. The smallest absolute Gasteiger partial charge is 0.231 e. The highest BCUT2D eigenvalue weighted by atomic mass is 32.2. The summed E-state index contributed by atoms with van der Waals surface area (Å²) >= 11 is 0. The van der Waals surface area contributed by atoms with Crippen molar-refractivity contribution in [2.45, 2.75) is 62.6 Å². The SMILES string of the molecule is CCc1cc(N2CCC(N(C)C)CC2)ccc1Nc1nc2c(c(Nc3ccccc3S(=O)(=O)C(C)C)n1)CCN2. The van der Waals surface area contributed by atoms with Crippen molar-refractivity contribution in [2.75, 3.05) is 54.6 Å². The van der Waals surface area contributed by atoms with E-state index in [0.717, 1.165) is 49.5 Å². The molecule has 3 aromatic rings. The van der Waals surface area contributed by atoms with Gasteiger partial charge in [0.2, 0.25) is 5.95 Å². The molecule has 10 heteroatoms. The van der Waals surface area contributed by atoms with Crippen LogP contribution >= 0.6 is 0 Å². The van der Waals surface area contributed by atoms with Gasteiger partial charge in [0, 0.05) is 42.6 Å². The maximum absolute atomic E-state index is 13.0. The molecule has 0 saturated carbocycles. The van der Waals surface area contributed by atoms with E-state index in [2.05, 4.69) is 65.0 Å². The van der Waals surface area contributed by atoms with Crippen LogP contribution in [0.25, 0.3) is 0 Å². The van der Waals surface area contributed by atoms with Gasteiger partial charge in [0.05, 0.1) is 15.8 Å². The van der Waals surface area contributed by atoms with Crippen molar-refractivity contribution >= 4 is 44.5 Å². The van der Waals surface area contributed by atoms with E-state index < -0.39 is 15.1 Å². The number of anilines is 6. The molecule has 3 heterocycles. The molecular weight excluding hydrogens is 522 g/mol. The van der Waals surface area contributed by atoms with E-state index in [1.807, 2.05) is 6.07 Å². The van der Waals surface area contributed by atoms with Gasteiger partial charge in [-0.25, -0.2) is 8.42 Å². The predicted molar refractivity (Wildman–Crippen MR) is 164 cm³/mol. The number of piperidine rings is 1. The molecule has 3 N–H and O–H groups in total. The summed E-state index contributed by atoms with van der Waals surface area (Å²) in [6, 6.07) is 14.2. The number of nitrogens with zero attached hydrogens (tertiary/aromatic N) is 4. The van der Waals surface area contributed by atoms with Crippen LogP contribution in [-0.2, 0) is 22.7 Å². The summed E-state index contributed by atoms with van der Waals surface area (Å²) in [5.74, 6) is 1.85. The Kier molecular flexibility index (Phi) is 8.19. The van der Waals surface area contributed by atoms with Crippen molar-refractivity contribution in [1.29, 1.82) is 0 Å². The zero-order valence-corrected chi connectivity index (χ0v) is 25.0. The number of fused-ring (bicyclic) bond motifs is 1. The third-order valence-corrected chi connectivity index (χ3v) is 10.2. The van der Waals surface area contributed by atoms with Gasteiger partial charge in [0.1, 0.15) is 11.6 Å². The molecule has 2 aliphatic heterocycles. The van der Waals surface area contributed by atoms with Crippen LogP contribution in [0.5, 0.6) is 0 Å². The van der Waals surface area contributed by atoms with Gasteiger partial charge < -0.3 is 25.8 Å². The summed E-state index contributed by atoms with van der Waals surface area (Å²) < 4.78 is 26.1. The summed E-state index contributed by atoms with van der Waals surface area (Å²) in [6.45, 7) is 8.43. The van der Waals surface area contributed by atoms with Gasteiger partial charge >= 0.3 is 0 Å². The van der Waals surface area contributed by atoms with Gasteiger partial charge in [-0.05, 0) is 89.5 Å². The molecule has 0 unspecified atom stereocenters. The lowest BCUT2D eigenvalue weighted by molar-refractivity contribution is 0.249. The summed E-state index contributed by atoms with van der Waals surface area (Å²) in [5.41, 5.74) is 4.90. The van der Waals surface area contributed by atoms with Crippen molar-refractivity contribution in [3.8, 4) is 0 Å². The van der Waals surface area contributed by atoms with Crippen LogP contribution in [0.4, 0.5) is 34.6 Å². The molecule has 0 aliphatic carbocycles. The molecule has 0 spiro atoms. The summed E-state index contributed by atoms with van der Waals surface area (Å²) in [5, 5.41) is 9.60. The second kappa shape index (κ2) is 11.6. The quantitative estimate of drug-likeness (QED) is 0.324. The molecule has 0 amide bonds. The number of nitrogens with one attached hydrogen (secondary N) is 3. The molecule has 5 rings (SSSR count). The minimum absolute atomic E-state index is 0.274. The Morgan fingerprint density at radius 1 is 1.05 bits per heavy atom. The second-order valence-electron chi connectivity index (χ2n) is 11.1. The Labute approximate surface area is 238 Å². The molecule has 1 aromatic heterocycles. The Morgan fingerprint density at radius 2 is 1.80 bits per heavy atom. The van der Waals surface area contributed by atoms with E-state index in [1.165, 1.54) is 24.1 Å². The first-order chi connectivity index (χ1) is 19.2. The van der Waals surface area contributed by atoms with Crippen molar-refractivity contribution in [3.05, 3.63) is 53.6 Å². The number of sulfone groups is 1. The lowest BCUT2D eigenvalue weighted by Gasteiger charge is -2.36. The number of aryl methyl sites for hydroxylation is 1. The van der Waals surface area contributed by atoms with Crippen molar-refractivity contribution < 1.29 is 8.42 Å². The third-order valence-electron chi connectivity index (χ3n) is 8.02. The lowest BCUT2D eigenvalue weighted by atomic mass is 10.0. The zero-order chi connectivity index (χ0) is 28.4. The van der Waals surface area contributed by atoms with Crippen LogP contribution in [0.1, 0.15) is 44.7 Å². The first-order valence-electron chi connectivity index (χ1n) is 14.2. The van der Waals surface area contributed by atoms with Gasteiger partial charge in [0.15, 0.2) is 9.84 Å². The molecule has 214 valence electrons. The van der Waals surface area contributed by atoms with E-state index >= 15 is 0 Å². The maximum Gasteiger partial charge on any atom is 0.231 e. The van der Waals surface area contributed by atoms with Gasteiger partial charge in [-0.1, -0.05) is 19.1 Å². The van der Waals surface area contributed by atoms with Crippen molar-refractivity contribution in [2.24, 2.45) is 0 Å². The topological polar surface area (TPSA) is 102 Å². The minimum atomic E-state index is -3.47. The highest BCUT2D eigenvalue weighted by Gasteiger charge is 2.25. The average Bonchev–Trinajstić information content (AvgIpc) is 3.42. The van der Waals surface area contributed by atoms with Crippen LogP contribution < -0.4 is 20.9 Å². The van der Waals surface area contributed by atoms with Crippen LogP contribution in [0.2, 0.25) is 0 Å². The van der Waals surface area contributed by atoms with E-state index in [-0.39, 0.29) is 4.90 Å². The monoisotopic (exact) mass is 563 g/mol. The summed E-state index contributed by atoms with van der Waals surface area (Å²) in [6.07, 6.45) is 3.97. The van der Waals surface area contributed by atoms with Gasteiger partial charge in [0.25, 0.3) is 0 Å². The van der Waals surface area contributed by atoms with Crippen molar-refractivity contribution in [3.63, 3.8) is 0 Å². The fourth-order valence-corrected chi connectivity index (χ4v) is 6.69. The third kappa shape index (κ3) is 5.74. The molecule has 0 atom stereocenters. The Balaban J connectivity index is 1.41. The largest absolute Gasteiger partial charge is 0.371 e. The van der Waals surface area contributed by atoms with Crippen LogP contribution in [0, 0.1) is 0 Å². The number of aromatic nitrogens is 2. The molecule has 0 bridgehead atoms. The fourth-order valence-electron chi connectivity index (χ4n) is 5.48. The molecule has 9 nitrogen and oxygen atoms in total. The molecule has 40 heavy (non-hydrogen) atoms. The van der Waals surface area contributed by atoms with Gasteiger partial charge in [-0.15, -0.1) is 0 Å². The van der Waals surface area contributed by atoms with Crippen molar-refractivity contribution in [1.82, 2.24) is 14.9 Å². The number of rotatable bonds is 9. The van der Waals surface area contributed by atoms with Gasteiger partial charge in [-0.3, -0.25) is 0 Å². The molecular formula is C30H41N7O2S. The van der Waals surface area contributed by atoms with E-state index in [1.54, 1.807) is 32.0 Å². The highest BCUT2D eigenvalue weighted by Crippen LogP contribution is 2.34. The van der Waals surface area contributed by atoms with E-state index in [9.17, 15) is 8.42 Å². The number of para-hydroxylation sites is 1. The molecule has 0 radical (unpaired) electrons.